The number of pyridine rings is 1. The van der Waals surface area contributed by atoms with Gasteiger partial charge >= 0.3 is 0 Å². The Morgan fingerprint density at radius 2 is 1.70 bits per heavy atom. The molecule has 1 aromatic carbocycles. The fourth-order valence-electron chi connectivity index (χ4n) is 3.96. The summed E-state index contributed by atoms with van der Waals surface area (Å²) >= 11 is 0. The van der Waals surface area contributed by atoms with Crippen molar-refractivity contribution in [1.29, 1.82) is 0 Å². The maximum Gasteiger partial charge on any atom is 0.259 e. The molecule has 0 bridgehead atoms. The molecule has 0 radical (unpaired) electrons. The fourth-order valence-corrected chi connectivity index (χ4v) is 3.96. The van der Waals surface area contributed by atoms with Gasteiger partial charge in [-0.2, -0.15) is 0 Å². The van der Waals surface area contributed by atoms with E-state index in [1.807, 2.05) is 13.8 Å². The SMILES string of the molecule is CCN1CCN([C@@H](c2ccc(F)cc2)c2c(O)cc(C)n(CC)c2=O)CC1. The molecule has 1 fully saturated rings. The van der Waals surface area contributed by atoms with Gasteiger partial charge in [-0.15, -0.1) is 0 Å². The summed E-state index contributed by atoms with van der Waals surface area (Å²) in [5.41, 5.74) is 1.75. The quantitative estimate of drug-likeness (QED) is 0.876. The minimum absolute atomic E-state index is 0.00875. The van der Waals surface area contributed by atoms with E-state index < -0.39 is 6.04 Å². The van der Waals surface area contributed by atoms with Crippen molar-refractivity contribution in [1.82, 2.24) is 14.4 Å². The van der Waals surface area contributed by atoms with Gasteiger partial charge < -0.3 is 14.6 Å². The molecule has 6 heteroatoms. The Morgan fingerprint density at radius 1 is 1.07 bits per heavy atom. The molecule has 3 rings (SSSR count). The molecule has 0 amide bonds. The lowest BCUT2D eigenvalue weighted by Gasteiger charge is -2.39. The van der Waals surface area contributed by atoms with E-state index in [1.54, 1.807) is 22.8 Å². The second kappa shape index (κ2) is 8.23. The number of aromatic nitrogens is 1. The summed E-state index contributed by atoms with van der Waals surface area (Å²) in [7, 11) is 0. The molecule has 27 heavy (non-hydrogen) atoms. The van der Waals surface area contributed by atoms with Crippen LogP contribution in [0.1, 0.15) is 36.7 Å². The number of aryl methyl sites for hydroxylation is 1. The number of likely N-dealkylation sites (N-methyl/N-ethyl adjacent to an activating group) is 1. The van der Waals surface area contributed by atoms with Crippen LogP contribution in [-0.2, 0) is 6.54 Å². The summed E-state index contributed by atoms with van der Waals surface area (Å²) in [5.74, 6) is -0.304. The van der Waals surface area contributed by atoms with Crippen molar-refractivity contribution in [2.75, 3.05) is 32.7 Å². The van der Waals surface area contributed by atoms with Crippen LogP contribution in [0.2, 0.25) is 0 Å². The topological polar surface area (TPSA) is 48.7 Å². The molecule has 1 aromatic heterocycles. The molecule has 146 valence electrons. The standard InChI is InChI=1S/C21H28FN3O2/c1-4-23-10-12-24(13-11-23)20(16-6-8-17(22)9-7-16)19-18(26)14-15(3)25(5-2)21(19)27/h6-9,14,20,26H,4-5,10-13H2,1-3H3/t20-/m0/s1. The molecule has 0 spiro atoms. The Morgan fingerprint density at radius 3 is 2.26 bits per heavy atom. The number of aromatic hydroxyl groups is 1. The van der Waals surface area contributed by atoms with E-state index in [-0.39, 0.29) is 17.1 Å². The highest BCUT2D eigenvalue weighted by molar-refractivity contribution is 5.41. The monoisotopic (exact) mass is 373 g/mol. The van der Waals surface area contributed by atoms with Gasteiger partial charge in [0.25, 0.3) is 5.56 Å². The van der Waals surface area contributed by atoms with Crippen molar-refractivity contribution in [3.05, 3.63) is 63.3 Å². The number of piperazine rings is 1. The largest absolute Gasteiger partial charge is 0.507 e. The zero-order chi connectivity index (χ0) is 19.6. The Hall–Kier alpha value is -2.18. The van der Waals surface area contributed by atoms with E-state index in [0.29, 0.717) is 12.1 Å². The van der Waals surface area contributed by atoms with Crippen LogP contribution in [0, 0.1) is 12.7 Å². The summed E-state index contributed by atoms with van der Waals surface area (Å²) in [6, 6.07) is 7.50. The molecule has 0 aliphatic carbocycles. The average Bonchev–Trinajstić information content (AvgIpc) is 2.66. The summed E-state index contributed by atoms with van der Waals surface area (Å²) in [6.45, 7) is 10.8. The van der Waals surface area contributed by atoms with Gasteiger partial charge in [0.05, 0.1) is 11.6 Å². The third kappa shape index (κ3) is 3.92. The lowest BCUT2D eigenvalue weighted by Crippen LogP contribution is -2.48. The van der Waals surface area contributed by atoms with Crippen molar-refractivity contribution >= 4 is 0 Å². The normalized spacial score (nSPS) is 17.2. The Labute approximate surface area is 159 Å². The van der Waals surface area contributed by atoms with Crippen molar-refractivity contribution in [3.8, 4) is 5.75 Å². The number of halogens is 1. The first-order valence-electron chi connectivity index (χ1n) is 9.61. The second-order valence-corrected chi connectivity index (χ2v) is 7.06. The minimum Gasteiger partial charge on any atom is -0.507 e. The van der Waals surface area contributed by atoms with Gasteiger partial charge in [0.1, 0.15) is 11.6 Å². The number of hydrogen-bond acceptors (Lipinski definition) is 4. The van der Waals surface area contributed by atoms with Crippen LogP contribution in [0.5, 0.6) is 5.75 Å². The summed E-state index contributed by atoms with van der Waals surface area (Å²) in [6.07, 6.45) is 0. The second-order valence-electron chi connectivity index (χ2n) is 7.06. The van der Waals surface area contributed by atoms with E-state index in [9.17, 15) is 14.3 Å². The molecule has 0 unspecified atom stereocenters. The van der Waals surface area contributed by atoms with Crippen molar-refractivity contribution in [2.24, 2.45) is 0 Å². The number of benzene rings is 1. The summed E-state index contributed by atoms with van der Waals surface area (Å²) in [4.78, 5) is 17.8. The predicted molar refractivity (Wildman–Crippen MR) is 105 cm³/mol. The van der Waals surface area contributed by atoms with Gasteiger partial charge in [0.2, 0.25) is 0 Å². The zero-order valence-electron chi connectivity index (χ0n) is 16.3. The van der Waals surface area contributed by atoms with Gasteiger partial charge in [0, 0.05) is 38.4 Å². The maximum atomic E-state index is 13.5. The maximum absolute atomic E-state index is 13.5. The Kier molecular flexibility index (Phi) is 5.97. The molecule has 1 aliphatic heterocycles. The number of nitrogens with zero attached hydrogens (tertiary/aromatic N) is 3. The molecule has 1 aliphatic rings. The van der Waals surface area contributed by atoms with E-state index in [2.05, 4.69) is 16.7 Å². The summed E-state index contributed by atoms with van der Waals surface area (Å²) < 4.78 is 15.2. The highest BCUT2D eigenvalue weighted by Crippen LogP contribution is 2.33. The molecule has 2 aromatic rings. The minimum atomic E-state index is -0.393. The third-order valence-corrected chi connectivity index (χ3v) is 5.52. The van der Waals surface area contributed by atoms with E-state index >= 15 is 0 Å². The van der Waals surface area contributed by atoms with Crippen LogP contribution in [-0.4, -0.2) is 52.2 Å². The van der Waals surface area contributed by atoms with Crippen LogP contribution >= 0.6 is 0 Å². The number of rotatable bonds is 5. The Balaban J connectivity index is 2.11. The van der Waals surface area contributed by atoms with Gasteiger partial charge in [0.15, 0.2) is 0 Å². The molecule has 1 saturated heterocycles. The van der Waals surface area contributed by atoms with Crippen molar-refractivity contribution in [3.63, 3.8) is 0 Å². The predicted octanol–water partition coefficient (Wildman–Crippen LogP) is 2.75. The third-order valence-electron chi connectivity index (χ3n) is 5.52. The van der Waals surface area contributed by atoms with E-state index in [4.69, 9.17) is 0 Å². The molecule has 5 nitrogen and oxygen atoms in total. The lowest BCUT2D eigenvalue weighted by atomic mass is 9.96. The van der Waals surface area contributed by atoms with E-state index in [0.717, 1.165) is 44.0 Å². The molecular formula is C21H28FN3O2. The Bertz CT molecular complexity index is 840. The fraction of sp³-hybridized carbons (Fsp3) is 0.476. The highest BCUT2D eigenvalue weighted by Gasteiger charge is 2.31. The average molecular weight is 373 g/mol. The zero-order valence-corrected chi connectivity index (χ0v) is 16.3. The van der Waals surface area contributed by atoms with Crippen molar-refractivity contribution < 1.29 is 9.50 Å². The van der Waals surface area contributed by atoms with Gasteiger partial charge in [-0.25, -0.2) is 4.39 Å². The highest BCUT2D eigenvalue weighted by atomic mass is 19.1. The van der Waals surface area contributed by atoms with Gasteiger partial charge in [-0.1, -0.05) is 19.1 Å². The van der Waals surface area contributed by atoms with Crippen molar-refractivity contribution in [2.45, 2.75) is 33.4 Å². The van der Waals surface area contributed by atoms with Crippen LogP contribution < -0.4 is 5.56 Å². The number of hydrogen-bond donors (Lipinski definition) is 1. The molecule has 1 N–H and O–H groups in total. The van der Waals surface area contributed by atoms with E-state index in [1.165, 1.54) is 12.1 Å². The molecule has 2 heterocycles. The first-order valence-corrected chi connectivity index (χ1v) is 9.61. The molecule has 1 atom stereocenters. The smallest absolute Gasteiger partial charge is 0.259 e. The van der Waals surface area contributed by atoms with Crippen LogP contribution in [0.15, 0.2) is 35.1 Å². The molecular weight excluding hydrogens is 345 g/mol. The lowest BCUT2D eigenvalue weighted by molar-refractivity contribution is 0.111. The first kappa shape index (κ1) is 19.6. The van der Waals surface area contributed by atoms with Crippen LogP contribution in [0.25, 0.3) is 0 Å². The van der Waals surface area contributed by atoms with Gasteiger partial charge in [-0.05, 0) is 44.2 Å². The first-order chi connectivity index (χ1) is 13.0. The molecule has 0 saturated carbocycles. The van der Waals surface area contributed by atoms with Gasteiger partial charge in [-0.3, -0.25) is 9.69 Å². The van der Waals surface area contributed by atoms with Crippen LogP contribution in [0.3, 0.4) is 0 Å². The summed E-state index contributed by atoms with van der Waals surface area (Å²) in [5, 5.41) is 10.7. The van der Waals surface area contributed by atoms with Crippen LogP contribution in [0.4, 0.5) is 4.39 Å².